The maximum Gasteiger partial charge on any atom is 0.151 e. The van der Waals surface area contributed by atoms with Gasteiger partial charge in [-0.3, -0.25) is 0 Å². The lowest BCUT2D eigenvalue weighted by molar-refractivity contribution is 0.625. The highest BCUT2D eigenvalue weighted by Gasteiger charge is 2.05. The molecular formula is C14H17FN4. The number of rotatable bonds is 5. The second-order valence-corrected chi connectivity index (χ2v) is 4.40. The highest BCUT2D eigenvalue weighted by Crippen LogP contribution is 2.12. The summed E-state index contributed by atoms with van der Waals surface area (Å²) in [6.45, 7) is 1.29. The molecule has 0 aliphatic carbocycles. The van der Waals surface area contributed by atoms with Crippen LogP contribution in [0.3, 0.4) is 0 Å². The molecule has 0 fully saturated rings. The largest absolute Gasteiger partial charge is 0.354 e. The van der Waals surface area contributed by atoms with Gasteiger partial charge in [0.15, 0.2) is 5.82 Å². The van der Waals surface area contributed by atoms with Gasteiger partial charge in [0.2, 0.25) is 0 Å². The topological polar surface area (TPSA) is 41.0 Å². The lowest BCUT2D eigenvalue weighted by atomic mass is 10.2. The Morgan fingerprint density at radius 3 is 2.68 bits per heavy atom. The van der Waals surface area contributed by atoms with E-state index in [0.29, 0.717) is 13.1 Å². The van der Waals surface area contributed by atoms with Crippen molar-refractivity contribution in [3.8, 4) is 0 Å². The van der Waals surface area contributed by atoms with Crippen molar-refractivity contribution in [2.24, 2.45) is 0 Å². The van der Waals surface area contributed by atoms with Crippen LogP contribution in [0.4, 0.5) is 10.2 Å². The monoisotopic (exact) mass is 260 g/mol. The molecule has 0 aliphatic heterocycles. The molecule has 2 rings (SSSR count). The zero-order valence-electron chi connectivity index (χ0n) is 11.1. The predicted octanol–water partition coefficient (Wildman–Crippen LogP) is 1.97. The second-order valence-electron chi connectivity index (χ2n) is 4.40. The average Bonchev–Trinajstić information content (AvgIpc) is 2.40. The molecule has 19 heavy (non-hydrogen) atoms. The van der Waals surface area contributed by atoms with Gasteiger partial charge in [0.25, 0.3) is 0 Å². The number of halogens is 1. The molecule has 1 aromatic carbocycles. The Bertz CT molecular complexity index is 527. The third-order valence-electron chi connectivity index (χ3n) is 2.76. The number of nitrogens with zero attached hydrogens (tertiary/aromatic N) is 3. The maximum atomic E-state index is 13.1. The van der Waals surface area contributed by atoms with E-state index < -0.39 is 0 Å². The fourth-order valence-corrected chi connectivity index (χ4v) is 1.82. The van der Waals surface area contributed by atoms with E-state index in [1.54, 1.807) is 6.07 Å². The van der Waals surface area contributed by atoms with Crippen LogP contribution in [0.5, 0.6) is 0 Å². The lowest BCUT2D eigenvalue weighted by Crippen LogP contribution is -2.18. The average molecular weight is 260 g/mol. The third-order valence-corrected chi connectivity index (χ3v) is 2.76. The molecule has 2 aromatic rings. The normalized spacial score (nSPS) is 10.5. The summed E-state index contributed by atoms with van der Waals surface area (Å²) in [5.41, 5.74) is 1.80. The molecule has 0 aliphatic rings. The Labute approximate surface area is 112 Å². The van der Waals surface area contributed by atoms with Crippen molar-refractivity contribution >= 4 is 5.82 Å². The minimum absolute atomic E-state index is 0.221. The Hall–Kier alpha value is -2.01. The van der Waals surface area contributed by atoms with E-state index >= 15 is 0 Å². The molecule has 100 valence electrons. The third kappa shape index (κ3) is 3.72. The van der Waals surface area contributed by atoms with Crippen molar-refractivity contribution < 1.29 is 4.39 Å². The minimum Gasteiger partial charge on any atom is -0.354 e. The van der Waals surface area contributed by atoms with Crippen LogP contribution < -0.4 is 10.2 Å². The molecule has 0 amide bonds. The summed E-state index contributed by atoms with van der Waals surface area (Å²) in [6.07, 6.45) is 0. The smallest absolute Gasteiger partial charge is 0.151 e. The van der Waals surface area contributed by atoms with Gasteiger partial charge in [0.05, 0.1) is 5.69 Å². The zero-order chi connectivity index (χ0) is 13.7. The van der Waals surface area contributed by atoms with Crippen LogP contribution in [-0.4, -0.2) is 24.3 Å². The molecule has 1 aromatic heterocycles. The van der Waals surface area contributed by atoms with Gasteiger partial charge in [0.1, 0.15) is 5.82 Å². The number of benzene rings is 1. The van der Waals surface area contributed by atoms with Crippen molar-refractivity contribution in [2.75, 3.05) is 19.0 Å². The summed E-state index contributed by atoms with van der Waals surface area (Å²) in [4.78, 5) is 1.94. The maximum absolute atomic E-state index is 13.1. The van der Waals surface area contributed by atoms with Crippen LogP contribution >= 0.6 is 0 Å². The number of anilines is 1. The molecule has 1 N–H and O–H groups in total. The van der Waals surface area contributed by atoms with E-state index in [1.807, 2.05) is 37.2 Å². The van der Waals surface area contributed by atoms with Crippen LogP contribution in [0.15, 0.2) is 36.4 Å². The fourth-order valence-electron chi connectivity index (χ4n) is 1.82. The van der Waals surface area contributed by atoms with Crippen LogP contribution in [0, 0.1) is 5.82 Å². The van der Waals surface area contributed by atoms with Crippen molar-refractivity contribution in [1.82, 2.24) is 15.5 Å². The first-order valence-corrected chi connectivity index (χ1v) is 6.12. The molecule has 1 heterocycles. The van der Waals surface area contributed by atoms with Crippen molar-refractivity contribution in [2.45, 2.75) is 13.1 Å². The van der Waals surface area contributed by atoms with E-state index in [0.717, 1.165) is 17.1 Å². The van der Waals surface area contributed by atoms with Crippen LogP contribution in [-0.2, 0) is 13.1 Å². The Morgan fingerprint density at radius 1 is 1.21 bits per heavy atom. The van der Waals surface area contributed by atoms with Gasteiger partial charge < -0.3 is 10.2 Å². The first-order chi connectivity index (χ1) is 9.19. The summed E-state index contributed by atoms with van der Waals surface area (Å²) < 4.78 is 13.1. The Morgan fingerprint density at radius 2 is 2.05 bits per heavy atom. The van der Waals surface area contributed by atoms with Crippen molar-refractivity contribution in [3.05, 3.63) is 53.5 Å². The number of aromatic nitrogens is 2. The van der Waals surface area contributed by atoms with Crippen LogP contribution in [0.1, 0.15) is 11.3 Å². The summed E-state index contributed by atoms with van der Waals surface area (Å²) in [5, 5.41) is 11.3. The van der Waals surface area contributed by atoms with Gasteiger partial charge in [-0.25, -0.2) is 4.39 Å². The number of hydrogen-bond acceptors (Lipinski definition) is 4. The summed E-state index contributed by atoms with van der Waals surface area (Å²) in [6, 6.07) is 10.4. The Kier molecular flexibility index (Phi) is 4.41. The molecule has 0 bridgehead atoms. The lowest BCUT2D eigenvalue weighted by Gasteiger charge is -2.17. The predicted molar refractivity (Wildman–Crippen MR) is 73.3 cm³/mol. The summed E-state index contributed by atoms with van der Waals surface area (Å²) >= 11 is 0. The van der Waals surface area contributed by atoms with E-state index in [2.05, 4.69) is 15.5 Å². The highest BCUT2D eigenvalue weighted by molar-refractivity contribution is 5.37. The molecule has 0 radical (unpaired) electrons. The first-order valence-electron chi connectivity index (χ1n) is 6.12. The second kappa shape index (κ2) is 6.24. The van der Waals surface area contributed by atoms with Crippen LogP contribution in [0.2, 0.25) is 0 Å². The first kappa shape index (κ1) is 13.4. The van der Waals surface area contributed by atoms with Gasteiger partial charge in [0, 0.05) is 20.1 Å². The summed E-state index contributed by atoms with van der Waals surface area (Å²) in [5.74, 6) is 0.547. The van der Waals surface area contributed by atoms with Gasteiger partial charge in [-0.05, 0) is 36.9 Å². The molecule has 5 heteroatoms. The van der Waals surface area contributed by atoms with E-state index in [1.165, 1.54) is 12.1 Å². The highest BCUT2D eigenvalue weighted by atomic mass is 19.1. The quantitative estimate of drug-likeness (QED) is 0.892. The van der Waals surface area contributed by atoms with Gasteiger partial charge in [-0.15, -0.1) is 5.10 Å². The fraction of sp³-hybridized carbons (Fsp3) is 0.286. The molecule has 0 unspecified atom stereocenters. The van der Waals surface area contributed by atoms with Gasteiger partial charge in [-0.2, -0.15) is 5.10 Å². The van der Waals surface area contributed by atoms with Crippen molar-refractivity contribution in [3.63, 3.8) is 0 Å². The number of nitrogens with one attached hydrogen (secondary N) is 1. The van der Waals surface area contributed by atoms with Gasteiger partial charge >= 0.3 is 0 Å². The minimum atomic E-state index is -0.221. The SMILES string of the molecule is CNCc1ccc(N(C)Cc2cccc(F)c2)nn1. The van der Waals surface area contributed by atoms with Gasteiger partial charge in [-0.1, -0.05) is 12.1 Å². The zero-order valence-corrected chi connectivity index (χ0v) is 11.1. The molecule has 0 spiro atoms. The standard InChI is InChI=1S/C14H17FN4/c1-16-9-13-6-7-14(18-17-13)19(2)10-11-4-3-5-12(15)8-11/h3-8,16H,9-10H2,1-2H3. The molecule has 0 saturated carbocycles. The summed E-state index contributed by atoms with van der Waals surface area (Å²) in [7, 11) is 3.78. The molecule has 0 atom stereocenters. The van der Waals surface area contributed by atoms with E-state index in [4.69, 9.17) is 0 Å². The van der Waals surface area contributed by atoms with E-state index in [-0.39, 0.29) is 5.82 Å². The van der Waals surface area contributed by atoms with E-state index in [9.17, 15) is 4.39 Å². The Balaban J connectivity index is 2.05. The number of hydrogen-bond donors (Lipinski definition) is 1. The van der Waals surface area contributed by atoms with Crippen molar-refractivity contribution in [1.29, 1.82) is 0 Å². The van der Waals surface area contributed by atoms with Crippen LogP contribution in [0.25, 0.3) is 0 Å². The molecule has 4 nitrogen and oxygen atoms in total. The molecule has 0 saturated heterocycles. The molecular weight excluding hydrogens is 243 g/mol.